The zero-order valence-corrected chi connectivity index (χ0v) is 30.2. The summed E-state index contributed by atoms with van der Waals surface area (Å²) in [7, 11) is 0. The van der Waals surface area contributed by atoms with E-state index in [0.29, 0.717) is 0 Å². The van der Waals surface area contributed by atoms with Crippen LogP contribution in [0.3, 0.4) is 0 Å². The lowest BCUT2D eigenvalue weighted by atomic mass is 10.0. The van der Waals surface area contributed by atoms with Crippen molar-refractivity contribution >= 4 is 66.7 Å². The van der Waals surface area contributed by atoms with Crippen molar-refractivity contribution in [3.8, 4) is 16.8 Å². The standard InChI is InChI=1S/C52H37N3/c1-4-15-41(16-5-1)53(42-17-6-2-7-18-42)45-33-35-46(36-34-45)54(43-19-8-3-9-20-43)44-29-24-38(25-30-44)39-26-31-47(32-27-39)55-51-23-13-12-22-49(51)50-37-28-40-14-10-11-21-48(40)52(50)55/h1-37H. The molecule has 260 valence electrons. The first-order valence-corrected chi connectivity index (χ1v) is 18.8. The number of rotatable bonds is 8. The quantitative estimate of drug-likeness (QED) is 0.156. The molecule has 55 heavy (non-hydrogen) atoms. The molecule has 0 aliphatic carbocycles. The summed E-state index contributed by atoms with van der Waals surface area (Å²) in [6.45, 7) is 0. The highest BCUT2D eigenvalue weighted by Gasteiger charge is 2.17. The lowest BCUT2D eigenvalue weighted by molar-refractivity contribution is 1.19. The number of hydrogen-bond acceptors (Lipinski definition) is 2. The maximum absolute atomic E-state index is 2.42. The molecular formula is C52H37N3. The summed E-state index contributed by atoms with van der Waals surface area (Å²) in [5, 5.41) is 5.05. The number of fused-ring (bicyclic) bond motifs is 5. The van der Waals surface area contributed by atoms with Crippen LogP contribution in [0, 0.1) is 0 Å². The summed E-state index contributed by atoms with van der Waals surface area (Å²) in [5.74, 6) is 0. The summed E-state index contributed by atoms with van der Waals surface area (Å²) in [4.78, 5) is 4.61. The van der Waals surface area contributed by atoms with E-state index in [9.17, 15) is 0 Å². The molecule has 0 fully saturated rings. The van der Waals surface area contributed by atoms with E-state index in [-0.39, 0.29) is 0 Å². The van der Waals surface area contributed by atoms with Gasteiger partial charge in [0, 0.05) is 56.0 Å². The monoisotopic (exact) mass is 703 g/mol. The first-order valence-electron chi connectivity index (χ1n) is 18.8. The van der Waals surface area contributed by atoms with Gasteiger partial charge in [-0.2, -0.15) is 0 Å². The van der Waals surface area contributed by atoms with E-state index in [0.717, 1.165) is 39.8 Å². The Balaban J connectivity index is 0.989. The van der Waals surface area contributed by atoms with Crippen molar-refractivity contribution in [2.45, 2.75) is 0 Å². The van der Waals surface area contributed by atoms with Gasteiger partial charge < -0.3 is 14.4 Å². The minimum atomic E-state index is 1.09. The van der Waals surface area contributed by atoms with Gasteiger partial charge in [0.05, 0.1) is 11.0 Å². The van der Waals surface area contributed by atoms with Crippen molar-refractivity contribution in [3.63, 3.8) is 0 Å². The van der Waals surface area contributed by atoms with Gasteiger partial charge in [-0.3, -0.25) is 0 Å². The molecule has 0 radical (unpaired) electrons. The fraction of sp³-hybridized carbons (Fsp3) is 0. The molecule has 0 bridgehead atoms. The highest BCUT2D eigenvalue weighted by molar-refractivity contribution is 6.18. The minimum absolute atomic E-state index is 1.09. The SMILES string of the molecule is c1ccc(N(c2ccccc2)c2ccc(N(c3ccccc3)c3ccc(-c4ccc(-n5c6ccccc6c6ccc7ccccc7c65)cc4)cc3)cc2)cc1. The number of hydrogen-bond donors (Lipinski definition) is 0. The van der Waals surface area contributed by atoms with E-state index in [1.807, 2.05) is 0 Å². The highest BCUT2D eigenvalue weighted by Crippen LogP contribution is 2.40. The molecule has 3 heteroatoms. The van der Waals surface area contributed by atoms with Crippen molar-refractivity contribution in [1.82, 2.24) is 4.57 Å². The zero-order valence-electron chi connectivity index (χ0n) is 30.2. The molecule has 0 aliphatic heterocycles. The van der Waals surface area contributed by atoms with Crippen molar-refractivity contribution in [3.05, 3.63) is 224 Å². The molecule has 0 saturated carbocycles. The Labute approximate surface area is 321 Å². The van der Waals surface area contributed by atoms with Crippen LogP contribution < -0.4 is 9.80 Å². The van der Waals surface area contributed by atoms with Gasteiger partial charge in [-0.1, -0.05) is 133 Å². The zero-order chi connectivity index (χ0) is 36.6. The predicted molar refractivity (Wildman–Crippen MR) is 233 cm³/mol. The average molecular weight is 704 g/mol. The summed E-state index contributed by atoms with van der Waals surface area (Å²) in [6.07, 6.45) is 0. The third kappa shape index (κ3) is 5.89. The number of nitrogens with zero attached hydrogens (tertiary/aromatic N) is 3. The molecule has 0 atom stereocenters. The summed E-state index contributed by atoms with van der Waals surface area (Å²) >= 11 is 0. The van der Waals surface area contributed by atoms with Gasteiger partial charge in [-0.05, 0) is 108 Å². The predicted octanol–water partition coefficient (Wildman–Crippen LogP) is 14.5. The fourth-order valence-electron chi connectivity index (χ4n) is 7.98. The number of aromatic nitrogens is 1. The maximum Gasteiger partial charge on any atom is 0.0619 e. The van der Waals surface area contributed by atoms with Crippen LogP contribution in [0.1, 0.15) is 0 Å². The largest absolute Gasteiger partial charge is 0.311 e. The van der Waals surface area contributed by atoms with Crippen molar-refractivity contribution in [2.24, 2.45) is 0 Å². The van der Waals surface area contributed by atoms with E-state index >= 15 is 0 Å². The van der Waals surface area contributed by atoms with Gasteiger partial charge >= 0.3 is 0 Å². The lowest BCUT2D eigenvalue weighted by Gasteiger charge is -2.28. The van der Waals surface area contributed by atoms with Crippen LogP contribution in [0.5, 0.6) is 0 Å². The Morgan fingerprint density at radius 1 is 0.273 bits per heavy atom. The Morgan fingerprint density at radius 2 is 0.673 bits per heavy atom. The van der Waals surface area contributed by atoms with E-state index in [4.69, 9.17) is 0 Å². The molecule has 0 spiro atoms. The lowest BCUT2D eigenvalue weighted by Crippen LogP contribution is -2.12. The molecule has 0 N–H and O–H groups in total. The first kappa shape index (κ1) is 32.3. The smallest absolute Gasteiger partial charge is 0.0619 e. The molecule has 0 aliphatic rings. The molecule has 0 amide bonds. The summed E-state index contributed by atoms with van der Waals surface area (Å²) in [5.41, 5.74) is 12.6. The van der Waals surface area contributed by atoms with Crippen molar-refractivity contribution in [1.29, 1.82) is 0 Å². The van der Waals surface area contributed by atoms with Crippen LogP contribution in [-0.4, -0.2) is 4.57 Å². The molecule has 1 heterocycles. The van der Waals surface area contributed by atoms with E-state index in [2.05, 4.69) is 239 Å². The van der Waals surface area contributed by atoms with Gasteiger partial charge in [-0.15, -0.1) is 0 Å². The van der Waals surface area contributed by atoms with E-state index in [1.54, 1.807) is 0 Å². The Bertz CT molecular complexity index is 2840. The summed E-state index contributed by atoms with van der Waals surface area (Å²) < 4.78 is 2.42. The van der Waals surface area contributed by atoms with Crippen molar-refractivity contribution < 1.29 is 0 Å². The molecule has 10 aromatic rings. The molecule has 9 aromatic carbocycles. The average Bonchev–Trinajstić information content (AvgIpc) is 3.61. The van der Waals surface area contributed by atoms with Crippen LogP contribution in [0.15, 0.2) is 224 Å². The molecule has 0 unspecified atom stereocenters. The van der Waals surface area contributed by atoms with Gasteiger partial charge in [0.15, 0.2) is 0 Å². The van der Waals surface area contributed by atoms with Gasteiger partial charge in [0.1, 0.15) is 0 Å². The Kier molecular flexibility index (Phi) is 8.16. The summed E-state index contributed by atoms with van der Waals surface area (Å²) in [6, 6.07) is 80.3. The van der Waals surface area contributed by atoms with Crippen molar-refractivity contribution in [2.75, 3.05) is 9.80 Å². The molecular weight excluding hydrogens is 667 g/mol. The maximum atomic E-state index is 2.42. The number of benzene rings is 9. The Hall–Kier alpha value is -7.36. The Morgan fingerprint density at radius 3 is 1.20 bits per heavy atom. The topological polar surface area (TPSA) is 11.4 Å². The number of anilines is 6. The van der Waals surface area contributed by atoms with Crippen LogP contribution >= 0.6 is 0 Å². The van der Waals surface area contributed by atoms with E-state index in [1.165, 1.54) is 43.7 Å². The molecule has 1 aromatic heterocycles. The van der Waals surface area contributed by atoms with Gasteiger partial charge in [0.2, 0.25) is 0 Å². The second kappa shape index (κ2) is 13.9. The molecule has 3 nitrogen and oxygen atoms in total. The fourth-order valence-corrected chi connectivity index (χ4v) is 7.98. The third-order valence-corrected chi connectivity index (χ3v) is 10.6. The van der Waals surface area contributed by atoms with Crippen LogP contribution in [0.2, 0.25) is 0 Å². The normalized spacial score (nSPS) is 11.3. The van der Waals surface area contributed by atoms with Crippen LogP contribution in [0.4, 0.5) is 34.1 Å². The van der Waals surface area contributed by atoms with Gasteiger partial charge in [0.25, 0.3) is 0 Å². The second-order valence-electron chi connectivity index (χ2n) is 13.8. The van der Waals surface area contributed by atoms with Crippen LogP contribution in [-0.2, 0) is 0 Å². The molecule has 0 saturated heterocycles. The van der Waals surface area contributed by atoms with Crippen LogP contribution in [0.25, 0.3) is 49.4 Å². The molecule has 10 rings (SSSR count). The minimum Gasteiger partial charge on any atom is -0.311 e. The van der Waals surface area contributed by atoms with E-state index < -0.39 is 0 Å². The first-order chi connectivity index (χ1) is 27.3. The highest BCUT2D eigenvalue weighted by atomic mass is 15.2. The number of para-hydroxylation sites is 4. The van der Waals surface area contributed by atoms with Gasteiger partial charge in [-0.25, -0.2) is 0 Å². The third-order valence-electron chi connectivity index (χ3n) is 10.6. The second-order valence-corrected chi connectivity index (χ2v) is 13.8.